The highest BCUT2D eigenvalue weighted by molar-refractivity contribution is 7.99. The van der Waals surface area contributed by atoms with E-state index in [4.69, 9.17) is 19.9 Å². The summed E-state index contributed by atoms with van der Waals surface area (Å²) in [7, 11) is 0. The monoisotopic (exact) mass is 738 g/mol. The van der Waals surface area contributed by atoms with Crippen molar-refractivity contribution in [3.63, 3.8) is 0 Å². The summed E-state index contributed by atoms with van der Waals surface area (Å²) < 4.78 is 0. The summed E-state index contributed by atoms with van der Waals surface area (Å²) in [6.45, 7) is 9.16. The first-order valence-corrected chi connectivity index (χ1v) is 21.7. The summed E-state index contributed by atoms with van der Waals surface area (Å²) in [4.78, 5) is 22.1. The molecule has 0 bridgehead atoms. The van der Waals surface area contributed by atoms with Crippen molar-refractivity contribution in [3.05, 3.63) is 107 Å². The molecule has 2 aromatic heterocycles. The average Bonchev–Trinajstić information content (AvgIpc) is 3.41. The highest BCUT2D eigenvalue weighted by Crippen LogP contribution is 2.57. The zero-order chi connectivity index (χ0) is 36.6. The summed E-state index contributed by atoms with van der Waals surface area (Å²) in [6, 6.07) is 26.4. The van der Waals surface area contributed by atoms with Gasteiger partial charge in [0.15, 0.2) is 0 Å². The third-order valence-corrected chi connectivity index (χ3v) is 13.3. The minimum Gasteiger partial charge on any atom is -0.252 e. The van der Waals surface area contributed by atoms with Crippen LogP contribution in [0.25, 0.3) is 33.2 Å². The molecule has 0 atom stereocenters. The average molecular weight is 739 g/mol. The van der Waals surface area contributed by atoms with E-state index in [0.29, 0.717) is 0 Å². The maximum atomic E-state index is 5.02. The van der Waals surface area contributed by atoms with Gasteiger partial charge in [0.2, 0.25) is 0 Å². The Kier molecular flexibility index (Phi) is 12.5. The number of unbranched alkanes of at least 4 members (excludes halogenated alkanes) is 10. The van der Waals surface area contributed by atoms with E-state index in [1.807, 2.05) is 48.8 Å². The van der Waals surface area contributed by atoms with Crippen LogP contribution in [-0.2, 0) is 5.41 Å². The zero-order valence-corrected chi connectivity index (χ0v) is 33.7. The van der Waals surface area contributed by atoms with Crippen LogP contribution in [0.5, 0.6) is 0 Å². The predicted molar refractivity (Wildman–Crippen MR) is 225 cm³/mol. The Balaban J connectivity index is 1.29. The Morgan fingerprint density at radius 3 is 1.32 bits per heavy atom. The Labute approximate surface area is 325 Å². The SMILES string of the molecule is CCCCCCCCC1(CCCCCCCC)c2cc(Sc3cnc4ccccc4n3)c(C)cc2-c2cc(C)c(Sc3cnc4ccccc4n3)cc21. The minimum atomic E-state index is -0.0314. The van der Waals surface area contributed by atoms with E-state index in [0.717, 1.165) is 32.1 Å². The van der Waals surface area contributed by atoms with Gasteiger partial charge in [-0.15, -0.1) is 0 Å². The molecule has 0 radical (unpaired) electrons. The number of nitrogens with zero attached hydrogens (tertiary/aromatic N) is 4. The minimum absolute atomic E-state index is 0.0314. The first kappa shape index (κ1) is 37.6. The third-order valence-electron chi connectivity index (χ3n) is 11.1. The second kappa shape index (κ2) is 17.6. The van der Waals surface area contributed by atoms with E-state index >= 15 is 0 Å². The van der Waals surface area contributed by atoms with E-state index in [-0.39, 0.29) is 5.41 Å². The fourth-order valence-corrected chi connectivity index (χ4v) is 10.0. The molecule has 53 heavy (non-hydrogen) atoms. The van der Waals surface area contributed by atoms with Gasteiger partial charge in [-0.3, -0.25) is 9.97 Å². The topological polar surface area (TPSA) is 51.6 Å². The molecular weight excluding hydrogens is 685 g/mol. The molecule has 4 nitrogen and oxygen atoms in total. The number of para-hydroxylation sites is 4. The predicted octanol–water partition coefficient (Wildman–Crippen LogP) is 14.3. The van der Waals surface area contributed by atoms with Crippen molar-refractivity contribution in [1.82, 2.24) is 19.9 Å². The number of hydrogen-bond donors (Lipinski definition) is 0. The van der Waals surface area contributed by atoms with Gasteiger partial charge in [0.1, 0.15) is 10.1 Å². The molecule has 4 aromatic carbocycles. The molecule has 0 N–H and O–H groups in total. The summed E-state index contributed by atoms with van der Waals surface area (Å²) in [6.07, 6.45) is 21.9. The van der Waals surface area contributed by atoms with Crippen molar-refractivity contribution < 1.29 is 0 Å². The number of rotatable bonds is 18. The molecule has 1 aliphatic rings. The van der Waals surface area contributed by atoms with Gasteiger partial charge in [-0.1, -0.05) is 139 Å². The molecule has 0 saturated carbocycles. The summed E-state index contributed by atoms with van der Waals surface area (Å²) in [5.41, 5.74) is 12.2. The summed E-state index contributed by atoms with van der Waals surface area (Å²) in [5.74, 6) is 0. The normalized spacial score (nSPS) is 13.1. The second-order valence-electron chi connectivity index (χ2n) is 15.0. The van der Waals surface area contributed by atoms with Gasteiger partial charge >= 0.3 is 0 Å². The number of aromatic nitrogens is 4. The molecule has 0 unspecified atom stereocenters. The van der Waals surface area contributed by atoms with E-state index in [1.165, 1.54) is 133 Å². The van der Waals surface area contributed by atoms with Gasteiger partial charge in [0.05, 0.1) is 34.5 Å². The highest BCUT2D eigenvalue weighted by Gasteiger charge is 2.43. The van der Waals surface area contributed by atoms with E-state index < -0.39 is 0 Å². The van der Waals surface area contributed by atoms with Crippen molar-refractivity contribution >= 4 is 45.6 Å². The standard InChI is InChI=1S/C47H54N4S2/c1-5-7-9-11-13-19-25-47(26-20-14-12-10-8-6-2)37-29-43(52-45-31-48-39-21-15-17-23-41(39)50-45)33(3)27-35(37)36-28-34(4)44(30-38(36)47)53-46-32-49-40-22-16-18-24-42(40)51-46/h15-18,21-24,27-32H,5-14,19-20,25-26H2,1-4H3. The van der Waals surface area contributed by atoms with Crippen molar-refractivity contribution in [2.75, 3.05) is 0 Å². The van der Waals surface area contributed by atoms with Crippen LogP contribution >= 0.6 is 23.5 Å². The highest BCUT2D eigenvalue weighted by atomic mass is 32.2. The Morgan fingerprint density at radius 1 is 0.491 bits per heavy atom. The van der Waals surface area contributed by atoms with Crippen LogP contribution in [0.2, 0.25) is 0 Å². The third kappa shape index (κ3) is 8.49. The van der Waals surface area contributed by atoms with Gasteiger partial charge in [0, 0.05) is 15.2 Å². The molecule has 0 amide bonds. The van der Waals surface area contributed by atoms with Crippen molar-refractivity contribution in [2.24, 2.45) is 0 Å². The van der Waals surface area contributed by atoms with Gasteiger partial charge < -0.3 is 0 Å². The Hall–Kier alpha value is -3.74. The lowest BCUT2D eigenvalue weighted by molar-refractivity contribution is 0.397. The van der Waals surface area contributed by atoms with Crippen LogP contribution in [0.3, 0.4) is 0 Å². The van der Waals surface area contributed by atoms with Crippen molar-refractivity contribution in [3.8, 4) is 11.1 Å². The van der Waals surface area contributed by atoms with Gasteiger partial charge in [-0.2, -0.15) is 0 Å². The van der Waals surface area contributed by atoms with Crippen LogP contribution in [0.1, 0.15) is 126 Å². The summed E-state index contributed by atoms with van der Waals surface area (Å²) >= 11 is 3.53. The Morgan fingerprint density at radius 2 is 0.887 bits per heavy atom. The van der Waals surface area contributed by atoms with Crippen LogP contribution < -0.4 is 0 Å². The molecule has 0 fully saturated rings. The molecule has 2 heterocycles. The van der Waals surface area contributed by atoms with E-state index in [2.05, 4.69) is 64.1 Å². The molecule has 0 aliphatic heterocycles. The maximum absolute atomic E-state index is 5.02. The van der Waals surface area contributed by atoms with Crippen LogP contribution in [0, 0.1) is 13.8 Å². The fourth-order valence-electron chi connectivity index (χ4n) is 8.26. The number of hydrogen-bond acceptors (Lipinski definition) is 6. The molecule has 0 saturated heterocycles. The Bertz CT molecular complexity index is 2020. The van der Waals surface area contributed by atoms with Crippen LogP contribution in [0.15, 0.2) is 105 Å². The van der Waals surface area contributed by atoms with E-state index in [1.54, 1.807) is 23.5 Å². The summed E-state index contributed by atoms with van der Waals surface area (Å²) in [5, 5.41) is 1.90. The number of aryl methyl sites for hydroxylation is 2. The quantitative estimate of drug-likeness (QED) is 0.0819. The van der Waals surface area contributed by atoms with Crippen molar-refractivity contribution in [2.45, 2.75) is 143 Å². The van der Waals surface area contributed by atoms with Gasteiger partial charge in [-0.05, 0) is 109 Å². The molecule has 6 heteroatoms. The molecule has 1 aliphatic carbocycles. The molecular formula is C47H54N4S2. The van der Waals surface area contributed by atoms with E-state index in [9.17, 15) is 0 Å². The smallest absolute Gasteiger partial charge is 0.120 e. The first-order chi connectivity index (χ1) is 26.0. The molecule has 274 valence electrons. The van der Waals surface area contributed by atoms with Crippen molar-refractivity contribution in [1.29, 1.82) is 0 Å². The van der Waals surface area contributed by atoms with Crippen LogP contribution in [0.4, 0.5) is 0 Å². The van der Waals surface area contributed by atoms with Gasteiger partial charge in [-0.25, -0.2) is 9.97 Å². The maximum Gasteiger partial charge on any atom is 0.120 e. The van der Waals surface area contributed by atoms with Gasteiger partial charge in [0.25, 0.3) is 0 Å². The largest absolute Gasteiger partial charge is 0.252 e. The lowest BCUT2D eigenvalue weighted by Gasteiger charge is -2.33. The number of fused-ring (bicyclic) bond motifs is 5. The zero-order valence-electron chi connectivity index (χ0n) is 32.1. The molecule has 6 aromatic rings. The fraction of sp³-hybridized carbons (Fsp3) is 0.404. The molecule has 7 rings (SSSR count). The second-order valence-corrected chi connectivity index (χ2v) is 17.2. The van der Waals surface area contributed by atoms with Crippen LogP contribution in [-0.4, -0.2) is 19.9 Å². The lowest BCUT2D eigenvalue weighted by atomic mass is 9.70. The lowest BCUT2D eigenvalue weighted by Crippen LogP contribution is -2.26. The molecule has 0 spiro atoms. The number of benzene rings is 4. The first-order valence-electron chi connectivity index (χ1n) is 20.1.